The lowest BCUT2D eigenvalue weighted by Crippen LogP contribution is -2.38. The molecule has 0 spiro atoms. The topological polar surface area (TPSA) is 97.8 Å². The normalized spacial score (nSPS) is 14.4. The van der Waals surface area contributed by atoms with E-state index in [2.05, 4.69) is 15.2 Å². The maximum absolute atomic E-state index is 13.9. The number of halogens is 1. The number of ketones is 1. The molecule has 4 rings (SSSR count). The van der Waals surface area contributed by atoms with Crippen LogP contribution in [0.25, 0.3) is 10.2 Å². The Bertz CT molecular complexity index is 1110. The van der Waals surface area contributed by atoms with Crippen LogP contribution in [0.5, 0.6) is 0 Å². The number of carbonyl (C=O) groups is 3. The van der Waals surface area contributed by atoms with Crippen molar-refractivity contribution in [2.45, 2.75) is 6.42 Å². The third-order valence-corrected chi connectivity index (χ3v) is 6.67. The van der Waals surface area contributed by atoms with E-state index in [1.54, 1.807) is 6.07 Å². The summed E-state index contributed by atoms with van der Waals surface area (Å²) in [5.74, 6) is -1.87. The van der Waals surface area contributed by atoms with Gasteiger partial charge in [-0.1, -0.05) is 23.5 Å². The lowest BCUT2D eigenvalue weighted by atomic mass is 10.1. The predicted octanol–water partition coefficient (Wildman–Crippen LogP) is 3.20. The molecule has 1 amide bonds. The molecule has 0 atom stereocenters. The molecule has 0 unspecified atom stereocenters. The van der Waals surface area contributed by atoms with Crippen molar-refractivity contribution >= 4 is 55.6 Å². The highest BCUT2D eigenvalue weighted by molar-refractivity contribution is 7.20. The fourth-order valence-electron chi connectivity index (χ4n) is 3.18. The summed E-state index contributed by atoms with van der Waals surface area (Å²) in [6.45, 7) is 3.53. The second kappa shape index (κ2) is 10.3. The van der Waals surface area contributed by atoms with E-state index in [-0.39, 0.29) is 22.2 Å². The van der Waals surface area contributed by atoms with Crippen molar-refractivity contribution < 1.29 is 28.2 Å². The second-order valence-electron chi connectivity index (χ2n) is 7.01. The van der Waals surface area contributed by atoms with E-state index in [0.717, 1.165) is 23.9 Å². The molecule has 8 nitrogen and oxygen atoms in total. The van der Waals surface area contributed by atoms with E-state index in [9.17, 15) is 18.8 Å². The number of hydrogen-bond acceptors (Lipinski definition) is 9. The van der Waals surface area contributed by atoms with E-state index >= 15 is 0 Å². The standard InChI is InChI=1S/C21H20FN3O5S2/c22-17-11-13(15(26)12-18(27)30-10-7-25-5-8-29-9-6-25)20(32-17)24-19(28)21-23-14-3-1-2-4-16(14)31-21/h1-4,11H,5-10,12H2,(H,24,28). The molecular formula is C21H20FN3O5S2. The Morgan fingerprint density at radius 3 is 2.75 bits per heavy atom. The highest BCUT2D eigenvalue weighted by Gasteiger charge is 2.23. The number of nitrogens with zero attached hydrogens (tertiary/aromatic N) is 2. The van der Waals surface area contributed by atoms with E-state index < -0.39 is 29.2 Å². The van der Waals surface area contributed by atoms with Gasteiger partial charge in [-0.15, -0.1) is 11.3 Å². The van der Waals surface area contributed by atoms with Gasteiger partial charge in [0.05, 0.1) is 29.0 Å². The number of thiazole rings is 1. The highest BCUT2D eigenvalue weighted by atomic mass is 32.1. The van der Waals surface area contributed by atoms with Crippen molar-refractivity contribution in [1.29, 1.82) is 0 Å². The van der Waals surface area contributed by atoms with Crippen LogP contribution in [0.2, 0.25) is 0 Å². The first-order valence-corrected chi connectivity index (χ1v) is 11.6. The van der Waals surface area contributed by atoms with Crippen LogP contribution >= 0.6 is 22.7 Å². The van der Waals surface area contributed by atoms with Crippen LogP contribution in [-0.4, -0.2) is 67.0 Å². The first-order chi connectivity index (χ1) is 15.5. The minimum Gasteiger partial charge on any atom is -0.464 e. The van der Waals surface area contributed by atoms with Gasteiger partial charge in [-0.05, 0) is 18.2 Å². The van der Waals surface area contributed by atoms with E-state index in [4.69, 9.17) is 9.47 Å². The zero-order valence-electron chi connectivity index (χ0n) is 17.0. The maximum atomic E-state index is 13.9. The SMILES string of the molecule is O=C(CC(=O)c1cc(F)sc1NC(=O)c1nc2ccccc2s1)OCCN1CCOCC1. The average Bonchev–Trinajstić information content (AvgIpc) is 3.38. The van der Waals surface area contributed by atoms with Gasteiger partial charge in [0.1, 0.15) is 18.0 Å². The molecule has 1 aliphatic rings. The Kier molecular flexibility index (Phi) is 7.20. The van der Waals surface area contributed by atoms with Crippen LogP contribution in [0.15, 0.2) is 30.3 Å². The fraction of sp³-hybridized carbons (Fsp3) is 0.333. The Labute approximate surface area is 191 Å². The molecular weight excluding hydrogens is 457 g/mol. The molecule has 1 saturated heterocycles. The van der Waals surface area contributed by atoms with Crippen molar-refractivity contribution in [3.63, 3.8) is 0 Å². The smallest absolute Gasteiger partial charge is 0.313 e. The Hall–Kier alpha value is -2.73. The number of benzene rings is 1. The van der Waals surface area contributed by atoms with Crippen molar-refractivity contribution in [3.05, 3.63) is 46.0 Å². The van der Waals surface area contributed by atoms with E-state index in [0.29, 0.717) is 36.6 Å². The highest BCUT2D eigenvalue weighted by Crippen LogP contribution is 2.30. The Morgan fingerprint density at radius 2 is 1.97 bits per heavy atom. The number of carbonyl (C=O) groups excluding carboxylic acids is 3. The van der Waals surface area contributed by atoms with Gasteiger partial charge >= 0.3 is 5.97 Å². The first kappa shape index (κ1) is 22.5. The number of ether oxygens (including phenoxy) is 2. The summed E-state index contributed by atoms with van der Waals surface area (Å²) in [4.78, 5) is 43.6. The molecule has 0 aliphatic carbocycles. The van der Waals surface area contributed by atoms with Gasteiger partial charge in [-0.3, -0.25) is 19.3 Å². The third kappa shape index (κ3) is 5.54. The molecule has 1 aromatic carbocycles. The number of esters is 1. The largest absolute Gasteiger partial charge is 0.464 e. The van der Waals surface area contributed by atoms with Crippen LogP contribution in [0.3, 0.4) is 0 Å². The first-order valence-electron chi connectivity index (χ1n) is 9.95. The molecule has 0 saturated carbocycles. The minimum absolute atomic E-state index is 0.0397. The summed E-state index contributed by atoms with van der Waals surface area (Å²) in [7, 11) is 0. The van der Waals surface area contributed by atoms with E-state index in [1.165, 1.54) is 11.3 Å². The second-order valence-corrected chi connectivity index (χ2v) is 9.04. The number of morpholine rings is 1. The van der Waals surface area contributed by atoms with Gasteiger partial charge in [0.25, 0.3) is 5.91 Å². The van der Waals surface area contributed by atoms with Crippen molar-refractivity contribution in [1.82, 2.24) is 9.88 Å². The molecule has 1 N–H and O–H groups in total. The molecule has 2 aromatic heterocycles. The molecule has 11 heteroatoms. The molecule has 32 heavy (non-hydrogen) atoms. The molecule has 0 bridgehead atoms. The quantitative estimate of drug-likeness (QED) is 0.302. The molecule has 0 radical (unpaired) electrons. The van der Waals surface area contributed by atoms with Crippen molar-refractivity contribution in [3.8, 4) is 0 Å². The number of para-hydroxylation sites is 1. The summed E-state index contributed by atoms with van der Waals surface area (Å²) < 4.78 is 25.1. The van der Waals surface area contributed by atoms with Crippen LogP contribution in [0.4, 0.5) is 9.39 Å². The molecule has 1 aliphatic heterocycles. The summed E-state index contributed by atoms with van der Waals surface area (Å²) in [6.07, 6.45) is -0.538. The zero-order chi connectivity index (χ0) is 22.5. The number of hydrogen-bond donors (Lipinski definition) is 1. The van der Waals surface area contributed by atoms with Gasteiger partial charge in [-0.25, -0.2) is 4.98 Å². The van der Waals surface area contributed by atoms with E-state index in [1.807, 2.05) is 18.2 Å². The van der Waals surface area contributed by atoms with Gasteiger partial charge in [0.15, 0.2) is 15.9 Å². The van der Waals surface area contributed by atoms with Crippen LogP contribution in [-0.2, 0) is 14.3 Å². The number of thiophene rings is 1. The molecule has 168 valence electrons. The number of rotatable bonds is 8. The minimum atomic E-state index is -0.696. The number of amides is 1. The lowest BCUT2D eigenvalue weighted by molar-refractivity contribution is -0.143. The Morgan fingerprint density at radius 1 is 1.19 bits per heavy atom. The zero-order valence-corrected chi connectivity index (χ0v) is 18.6. The summed E-state index contributed by atoms with van der Waals surface area (Å²) in [6, 6.07) is 8.30. The Balaban J connectivity index is 1.35. The summed E-state index contributed by atoms with van der Waals surface area (Å²) in [5, 5.41) is 2.14. The van der Waals surface area contributed by atoms with Gasteiger partial charge in [0, 0.05) is 19.6 Å². The average molecular weight is 478 g/mol. The molecule has 3 aromatic rings. The summed E-state index contributed by atoms with van der Waals surface area (Å²) in [5.41, 5.74) is 0.614. The lowest BCUT2D eigenvalue weighted by Gasteiger charge is -2.26. The van der Waals surface area contributed by atoms with Crippen LogP contribution in [0.1, 0.15) is 26.6 Å². The number of anilines is 1. The van der Waals surface area contributed by atoms with Crippen molar-refractivity contribution in [2.24, 2.45) is 0 Å². The van der Waals surface area contributed by atoms with Gasteiger partial charge < -0.3 is 14.8 Å². The number of aromatic nitrogens is 1. The number of nitrogens with one attached hydrogen (secondary N) is 1. The fourth-order valence-corrected chi connectivity index (χ4v) is 4.84. The van der Waals surface area contributed by atoms with Crippen LogP contribution < -0.4 is 5.32 Å². The predicted molar refractivity (Wildman–Crippen MR) is 119 cm³/mol. The molecule has 1 fully saturated rings. The van der Waals surface area contributed by atoms with Gasteiger partial charge in [-0.2, -0.15) is 4.39 Å². The van der Waals surface area contributed by atoms with Gasteiger partial charge in [0.2, 0.25) is 0 Å². The number of Topliss-reactive ketones (excluding diaryl/α,β-unsaturated/α-hetero) is 1. The van der Waals surface area contributed by atoms with Crippen molar-refractivity contribution in [2.75, 3.05) is 44.8 Å². The maximum Gasteiger partial charge on any atom is 0.313 e. The molecule has 3 heterocycles. The number of fused-ring (bicyclic) bond motifs is 1. The monoisotopic (exact) mass is 477 g/mol. The third-order valence-electron chi connectivity index (χ3n) is 4.80. The van der Waals surface area contributed by atoms with Crippen LogP contribution in [0, 0.1) is 5.13 Å². The summed E-state index contributed by atoms with van der Waals surface area (Å²) >= 11 is 1.82.